The second kappa shape index (κ2) is 8.28. The fourth-order valence-electron chi connectivity index (χ4n) is 3.07. The lowest BCUT2D eigenvalue weighted by atomic mass is 10.1. The van der Waals surface area contributed by atoms with Gasteiger partial charge in [-0.25, -0.2) is 8.42 Å². The van der Waals surface area contributed by atoms with E-state index in [0.717, 1.165) is 24.0 Å². The first-order valence-corrected chi connectivity index (χ1v) is 10.8. The minimum atomic E-state index is -3.57. The topological polar surface area (TPSA) is 46.6 Å². The van der Waals surface area contributed by atoms with E-state index >= 15 is 0 Å². The van der Waals surface area contributed by atoms with Gasteiger partial charge in [-0.15, -0.1) is 0 Å². The molecule has 1 fully saturated rings. The SMILES string of the molecule is CCCc1ccc(S(=O)(=O)N2CCOC(c3cc(Cl)cc(Cl)c3)C2)cc1. The third-order valence-electron chi connectivity index (χ3n) is 4.39. The molecule has 7 heteroatoms. The van der Waals surface area contributed by atoms with Gasteiger partial charge in [0.05, 0.1) is 17.6 Å². The number of benzene rings is 2. The van der Waals surface area contributed by atoms with E-state index in [0.29, 0.717) is 28.1 Å². The van der Waals surface area contributed by atoms with Gasteiger partial charge in [-0.2, -0.15) is 4.31 Å². The van der Waals surface area contributed by atoms with Crippen molar-refractivity contribution in [3.63, 3.8) is 0 Å². The number of aryl methyl sites for hydroxylation is 1. The number of hydrogen-bond donors (Lipinski definition) is 0. The first-order valence-electron chi connectivity index (χ1n) is 8.57. The maximum absolute atomic E-state index is 13.0. The van der Waals surface area contributed by atoms with Gasteiger partial charge in [-0.05, 0) is 47.9 Å². The Balaban J connectivity index is 1.81. The summed E-state index contributed by atoms with van der Waals surface area (Å²) in [5.41, 5.74) is 1.92. The average molecular weight is 414 g/mol. The van der Waals surface area contributed by atoms with Gasteiger partial charge in [0.1, 0.15) is 0 Å². The molecule has 1 aliphatic heterocycles. The molecule has 0 radical (unpaired) electrons. The van der Waals surface area contributed by atoms with E-state index in [1.165, 1.54) is 4.31 Å². The van der Waals surface area contributed by atoms with E-state index in [1.807, 2.05) is 12.1 Å². The van der Waals surface area contributed by atoms with Gasteiger partial charge in [-0.1, -0.05) is 48.7 Å². The van der Waals surface area contributed by atoms with E-state index < -0.39 is 16.1 Å². The number of ether oxygens (including phenoxy) is 1. The predicted octanol–water partition coefficient (Wildman–Crippen LogP) is 4.71. The van der Waals surface area contributed by atoms with Crippen LogP contribution >= 0.6 is 23.2 Å². The van der Waals surface area contributed by atoms with Crippen LogP contribution in [0.3, 0.4) is 0 Å². The molecule has 2 aromatic carbocycles. The van der Waals surface area contributed by atoms with Crippen LogP contribution in [0.4, 0.5) is 0 Å². The van der Waals surface area contributed by atoms with Crippen LogP contribution in [0.15, 0.2) is 47.4 Å². The lowest BCUT2D eigenvalue weighted by Crippen LogP contribution is -2.42. The van der Waals surface area contributed by atoms with E-state index in [-0.39, 0.29) is 6.54 Å². The van der Waals surface area contributed by atoms with E-state index in [9.17, 15) is 8.42 Å². The molecule has 1 atom stereocenters. The zero-order chi connectivity index (χ0) is 18.7. The number of nitrogens with zero attached hydrogens (tertiary/aromatic N) is 1. The maximum atomic E-state index is 13.0. The fourth-order valence-corrected chi connectivity index (χ4v) is 5.04. The Bertz CT molecular complexity index is 849. The van der Waals surface area contributed by atoms with Gasteiger partial charge in [0.2, 0.25) is 10.0 Å². The fraction of sp³-hybridized carbons (Fsp3) is 0.368. The zero-order valence-electron chi connectivity index (χ0n) is 14.5. The molecule has 1 aliphatic rings. The van der Waals surface area contributed by atoms with Crippen molar-refractivity contribution >= 4 is 33.2 Å². The molecule has 3 rings (SSSR count). The minimum absolute atomic E-state index is 0.232. The van der Waals surface area contributed by atoms with Crippen LogP contribution in [-0.2, 0) is 21.2 Å². The van der Waals surface area contributed by atoms with Crippen molar-refractivity contribution in [2.24, 2.45) is 0 Å². The molecule has 0 saturated carbocycles. The van der Waals surface area contributed by atoms with Crippen molar-refractivity contribution in [2.45, 2.75) is 30.8 Å². The van der Waals surface area contributed by atoms with Crippen molar-refractivity contribution in [1.29, 1.82) is 0 Å². The van der Waals surface area contributed by atoms with Gasteiger partial charge in [-0.3, -0.25) is 0 Å². The smallest absolute Gasteiger partial charge is 0.243 e. The van der Waals surface area contributed by atoms with E-state index in [2.05, 4.69) is 6.92 Å². The predicted molar refractivity (Wildman–Crippen MR) is 104 cm³/mol. The third kappa shape index (κ3) is 4.41. The molecule has 140 valence electrons. The highest BCUT2D eigenvalue weighted by atomic mass is 35.5. The summed E-state index contributed by atoms with van der Waals surface area (Å²) in [4.78, 5) is 0.308. The second-order valence-corrected chi connectivity index (χ2v) is 9.13. The highest BCUT2D eigenvalue weighted by molar-refractivity contribution is 7.89. The summed E-state index contributed by atoms with van der Waals surface area (Å²) in [6.07, 6.45) is 1.57. The van der Waals surface area contributed by atoms with Crippen molar-refractivity contribution in [3.8, 4) is 0 Å². The Labute approximate surface area is 164 Å². The summed E-state index contributed by atoms with van der Waals surface area (Å²) in [5.74, 6) is 0. The molecule has 0 aliphatic carbocycles. The number of rotatable bonds is 5. The first kappa shape index (κ1) is 19.6. The molecular formula is C19H21Cl2NO3S. The van der Waals surface area contributed by atoms with Crippen molar-refractivity contribution in [1.82, 2.24) is 4.31 Å². The van der Waals surface area contributed by atoms with Crippen LogP contribution in [0.2, 0.25) is 10.0 Å². The molecule has 0 N–H and O–H groups in total. The molecule has 0 aromatic heterocycles. The van der Waals surface area contributed by atoms with Gasteiger partial charge in [0.25, 0.3) is 0 Å². The van der Waals surface area contributed by atoms with Crippen LogP contribution < -0.4 is 0 Å². The van der Waals surface area contributed by atoms with Crippen LogP contribution in [0.5, 0.6) is 0 Å². The van der Waals surface area contributed by atoms with Crippen LogP contribution in [0, 0.1) is 0 Å². The van der Waals surface area contributed by atoms with Crippen molar-refractivity contribution in [3.05, 3.63) is 63.6 Å². The second-order valence-electron chi connectivity index (χ2n) is 6.32. The molecule has 4 nitrogen and oxygen atoms in total. The highest BCUT2D eigenvalue weighted by Crippen LogP contribution is 2.30. The molecule has 2 aromatic rings. The highest BCUT2D eigenvalue weighted by Gasteiger charge is 2.31. The first-order chi connectivity index (χ1) is 12.4. The standard InChI is InChI=1S/C19H21Cl2NO3S/c1-2-3-14-4-6-18(7-5-14)26(23,24)22-8-9-25-19(13-22)15-10-16(20)12-17(21)11-15/h4-7,10-12,19H,2-3,8-9,13H2,1H3. The molecule has 1 saturated heterocycles. The Morgan fingerprint density at radius 3 is 2.38 bits per heavy atom. The molecular weight excluding hydrogens is 393 g/mol. The quantitative estimate of drug-likeness (QED) is 0.712. The van der Waals surface area contributed by atoms with Crippen LogP contribution in [0.25, 0.3) is 0 Å². The lowest BCUT2D eigenvalue weighted by molar-refractivity contribution is -0.00254. The largest absolute Gasteiger partial charge is 0.371 e. The summed E-state index contributed by atoms with van der Waals surface area (Å²) in [7, 11) is -3.57. The van der Waals surface area contributed by atoms with Crippen molar-refractivity contribution in [2.75, 3.05) is 19.7 Å². The Hall–Kier alpha value is -1.11. The summed E-state index contributed by atoms with van der Waals surface area (Å²) < 4.78 is 33.2. The Kier molecular flexibility index (Phi) is 6.25. The van der Waals surface area contributed by atoms with Crippen molar-refractivity contribution < 1.29 is 13.2 Å². The van der Waals surface area contributed by atoms with Gasteiger partial charge in [0, 0.05) is 23.1 Å². The average Bonchev–Trinajstić information content (AvgIpc) is 2.62. The minimum Gasteiger partial charge on any atom is -0.371 e. The maximum Gasteiger partial charge on any atom is 0.243 e. The molecule has 26 heavy (non-hydrogen) atoms. The molecule has 0 amide bonds. The summed E-state index contributed by atoms with van der Waals surface area (Å²) in [6, 6.07) is 12.3. The van der Waals surface area contributed by atoms with Gasteiger partial charge >= 0.3 is 0 Å². The van der Waals surface area contributed by atoms with Gasteiger partial charge < -0.3 is 4.74 Å². The Morgan fingerprint density at radius 1 is 1.12 bits per heavy atom. The van der Waals surface area contributed by atoms with Gasteiger partial charge in [0.15, 0.2) is 0 Å². The summed E-state index contributed by atoms with van der Waals surface area (Å²) >= 11 is 12.1. The molecule has 1 unspecified atom stereocenters. The normalized spacial score (nSPS) is 18.8. The van der Waals surface area contributed by atoms with Crippen LogP contribution in [0.1, 0.15) is 30.6 Å². The zero-order valence-corrected chi connectivity index (χ0v) is 16.8. The number of halogens is 2. The number of morpholine rings is 1. The monoisotopic (exact) mass is 413 g/mol. The lowest BCUT2D eigenvalue weighted by Gasteiger charge is -2.32. The number of sulfonamides is 1. The Morgan fingerprint density at radius 2 is 1.77 bits per heavy atom. The number of hydrogen-bond acceptors (Lipinski definition) is 3. The summed E-state index contributed by atoms with van der Waals surface area (Å²) in [6.45, 7) is 2.97. The van der Waals surface area contributed by atoms with Crippen LogP contribution in [-0.4, -0.2) is 32.4 Å². The molecule has 0 bridgehead atoms. The molecule has 0 spiro atoms. The third-order valence-corrected chi connectivity index (χ3v) is 6.70. The molecule has 1 heterocycles. The van der Waals surface area contributed by atoms with E-state index in [4.69, 9.17) is 27.9 Å². The summed E-state index contributed by atoms with van der Waals surface area (Å²) in [5, 5.41) is 1.00. The van der Waals surface area contributed by atoms with E-state index in [1.54, 1.807) is 30.3 Å².